The zero-order chi connectivity index (χ0) is 19.1. The van der Waals surface area contributed by atoms with Crippen LogP contribution in [0, 0.1) is 0 Å². The van der Waals surface area contributed by atoms with E-state index in [2.05, 4.69) is 26.0 Å². The van der Waals surface area contributed by atoms with Gasteiger partial charge in [-0.05, 0) is 35.9 Å². The van der Waals surface area contributed by atoms with E-state index in [0.29, 0.717) is 36.6 Å². The quantitative estimate of drug-likeness (QED) is 0.671. The fourth-order valence-electron chi connectivity index (χ4n) is 2.49. The number of aryl methyl sites for hydroxylation is 1. The number of tetrazole rings is 1. The first-order valence-corrected chi connectivity index (χ1v) is 8.61. The molecule has 0 saturated heterocycles. The van der Waals surface area contributed by atoms with Crippen molar-refractivity contribution in [3.63, 3.8) is 0 Å². The van der Waals surface area contributed by atoms with Crippen LogP contribution in [0.2, 0.25) is 0 Å². The Hall–Kier alpha value is -3.55. The minimum Gasteiger partial charge on any atom is -0.326 e. The van der Waals surface area contributed by atoms with Crippen molar-refractivity contribution in [2.75, 3.05) is 10.6 Å². The van der Waals surface area contributed by atoms with Crippen LogP contribution in [-0.4, -0.2) is 32.0 Å². The lowest BCUT2D eigenvalue weighted by atomic mass is 10.2. The van der Waals surface area contributed by atoms with E-state index in [1.165, 1.54) is 11.7 Å². The van der Waals surface area contributed by atoms with Crippen molar-refractivity contribution < 1.29 is 9.59 Å². The summed E-state index contributed by atoms with van der Waals surface area (Å²) in [4.78, 5) is 24.5. The molecule has 138 valence electrons. The molecule has 27 heavy (non-hydrogen) atoms. The zero-order valence-corrected chi connectivity index (χ0v) is 14.9. The smallest absolute Gasteiger partial charge is 0.224 e. The van der Waals surface area contributed by atoms with E-state index in [-0.39, 0.29) is 11.8 Å². The molecule has 0 aliphatic carbocycles. The van der Waals surface area contributed by atoms with E-state index < -0.39 is 0 Å². The summed E-state index contributed by atoms with van der Waals surface area (Å²) < 4.78 is 0. The molecule has 2 aromatic carbocycles. The van der Waals surface area contributed by atoms with Gasteiger partial charge < -0.3 is 10.6 Å². The second-order valence-corrected chi connectivity index (χ2v) is 5.99. The zero-order valence-electron chi connectivity index (χ0n) is 14.9. The molecule has 0 fully saturated rings. The van der Waals surface area contributed by atoms with E-state index in [4.69, 9.17) is 0 Å². The third-order valence-electron chi connectivity index (χ3n) is 3.74. The Morgan fingerprint density at radius 3 is 2.30 bits per heavy atom. The highest BCUT2D eigenvalue weighted by Gasteiger charge is 2.07. The summed E-state index contributed by atoms with van der Waals surface area (Å²) >= 11 is 0. The van der Waals surface area contributed by atoms with Crippen LogP contribution in [0.25, 0.3) is 11.4 Å². The Balaban J connectivity index is 1.44. The molecule has 0 radical (unpaired) electrons. The Bertz CT molecular complexity index is 905. The summed E-state index contributed by atoms with van der Waals surface area (Å²) in [6, 6.07) is 16.6. The van der Waals surface area contributed by atoms with Gasteiger partial charge in [0.25, 0.3) is 0 Å². The molecule has 8 nitrogen and oxygen atoms in total. The van der Waals surface area contributed by atoms with Crippen LogP contribution in [0.15, 0.2) is 54.6 Å². The van der Waals surface area contributed by atoms with Crippen LogP contribution in [0.4, 0.5) is 11.4 Å². The number of amides is 2. The lowest BCUT2D eigenvalue weighted by Gasteiger charge is -2.07. The number of benzene rings is 2. The highest BCUT2D eigenvalue weighted by molar-refractivity contribution is 5.92. The maximum atomic E-state index is 12.0. The Morgan fingerprint density at radius 2 is 1.63 bits per heavy atom. The Kier molecular flexibility index (Phi) is 5.88. The minimum absolute atomic E-state index is 0.0920. The fraction of sp³-hybridized carbons (Fsp3) is 0.211. The number of nitrogens with zero attached hydrogens (tertiary/aromatic N) is 4. The predicted octanol–water partition coefficient (Wildman–Crippen LogP) is 2.72. The number of nitrogens with one attached hydrogen (secondary N) is 2. The standard InChI is InChI=1S/C19H20N6O2/c1-14(26)20-16-9-11-17(12-10-16)21-18(27)8-5-13-25-23-19(22-24-25)15-6-3-2-4-7-15/h2-4,6-7,9-12H,5,8,13H2,1H3,(H,20,26)(H,21,27). The number of hydrogen-bond acceptors (Lipinski definition) is 5. The molecule has 2 N–H and O–H groups in total. The molecule has 0 unspecified atom stereocenters. The first-order chi connectivity index (χ1) is 13.1. The van der Waals surface area contributed by atoms with Gasteiger partial charge in [-0.25, -0.2) is 0 Å². The normalized spacial score (nSPS) is 10.4. The van der Waals surface area contributed by atoms with Crippen LogP contribution in [0.1, 0.15) is 19.8 Å². The van der Waals surface area contributed by atoms with E-state index in [1.54, 1.807) is 24.3 Å². The lowest BCUT2D eigenvalue weighted by Crippen LogP contribution is -2.13. The maximum Gasteiger partial charge on any atom is 0.224 e. The topological polar surface area (TPSA) is 102 Å². The summed E-state index contributed by atoms with van der Waals surface area (Å²) in [5.41, 5.74) is 2.27. The molecular weight excluding hydrogens is 344 g/mol. The molecule has 0 atom stereocenters. The van der Waals surface area contributed by atoms with Gasteiger partial charge in [0, 0.05) is 30.3 Å². The molecule has 0 aliphatic heterocycles. The number of anilines is 2. The molecule has 0 spiro atoms. The molecule has 0 saturated carbocycles. The maximum absolute atomic E-state index is 12.0. The molecule has 1 heterocycles. The molecule has 1 aromatic heterocycles. The second-order valence-electron chi connectivity index (χ2n) is 5.99. The Labute approximate surface area is 156 Å². The first kappa shape index (κ1) is 18.2. The third-order valence-corrected chi connectivity index (χ3v) is 3.74. The second kappa shape index (κ2) is 8.70. The van der Waals surface area contributed by atoms with Gasteiger partial charge in [-0.1, -0.05) is 30.3 Å². The fourth-order valence-corrected chi connectivity index (χ4v) is 2.49. The van der Waals surface area contributed by atoms with Gasteiger partial charge in [-0.2, -0.15) is 4.80 Å². The van der Waals surface area contributed by atoms with Crippen molar-refractivity contribution in [2.24, 2.45) is 0 Å². The summed E-state index contributed by atoms with van der Waals surface area (Å²) in [6.45, 7) is 1.96. The highest BCUT2D eigenvalue weighted by atomic mass is 16.2. The number of aromatic nitrogens is 4. The van der Waals surface area contributed by atoms with E-state index >= 15 is 0 Å². The minimum atomic E-state index is -0.135. The van der Waals surface area contributed by atoms with Gasteiger partial charge in [0.05, 0.1) is 6.54 Å². The molecule has 0 aliphatic rings. The Morgan fingerprint density at radius 1 is 0.963 bits per heavy atom. The van der Waals surface area contributed by atoms with Gasteiger partial charge in [-0.3, -0.25) is 9.59 Å². The molecule has 0 bridgehead atoms. The summed E-state index contributed by atoms with van der Waals surface area (Å²) in [5.74, 6) is 0.342. The van der Waals surface area contributed by atoms with Crippen LogP contribution >= 0.6 is 0 Å². The highest BCUT2D eigenvalue weighted by Crippen LogP contribution is 2.14. The SMILES string of the molecule is CC(=O)Nc1ccc(NC(=O)CCCn2nnc(-c3ccccc3)n2)cc1. The van der Waals surface area contributed by atoms with Gasteiger partial charge in [-0.15, -0.1) is 10.2 Å². The lowest BCUT2D eigenvalue weighted by molar-refractivity contribution is -0.116. The average molecular weight is 364 g/mol. The van der Waals surface area contributed by atoms with Crippen LogP contribution in [-0.2, 0) is 16.1 Å². The summed E-state index contributed by atoms with van der Waals surface area (Å²) in [7, 11) is 0. The number of carbonyl (C=O) groups excluding carboxylic acids is 2. The monoisotopic (exact) mass is 364 g/mol. The van der Waals surface area contributed by atoms with Crippen molar-refractivity contribution in [3.05, 3.63) is 54.6 Å². The van der Waals surface area contributed by atoms with Gasteiger partial charge in [0.1, 0.15) is 0 Å². The van der Waals surface area contributed by atoms with Crippen molar-refractivity contribution in [3.8, 4) is 11.4 Å². The van der Waals surface area contributed by atoms with Crippen molar-refractivity contribution in [1.82, 2.24) is 20.2 Å². The summed E-state index contributed by atoms with van der Waals surface area (Å²) in [5, 5.41) is 17.9. The predicted molar refractivity (Wildman–Crippen MR) is 102 cm³/mol. The largest absolute Gasteiger partial charge is 0.326 e. The number of rotatable bonds is 7. The van der Waals surface area contributed by atoms with E-state index in [1.807, 2.05) is 30.3 Å². The molecule has 3 aromatic rings. The first-order valence-electron chi connectivity index (χ1n) is 8.61. The number of hydrogen-bond donors (Lipinski definition) is 2. The molecule has 3 rings (SSSR count). The average Bonchev–Trinajstić information content (AvgIpc) is 3.13. The van der Waals surface area contributed by atoms with E-state index in [0.717, 1.165) is 5.56 Å². The van der Waals surface area contributed by atoms with Crippen LogP contribution in [0.3, 0.4) is 0 Å². The molecule has 2 amide bonds. The van der Waals surface area contributed by atoms with Crippen LogP contribution < -0.4 is 10.6 Å². The van der Waals surface area contributed by atoms with Crippen molar-refractivity contribution in [2.45, 2.75) is 26.3 Å². The number of carbonyl (C=O) groups is 2. The van der Waals surface area contributed by atoms with Crippen molar-refractivity contribution >= 4 is 23.2 Å². The van der Waals surface area contributed by atoms with Gasteiger partial charge in [0.15, 0.2) is 0 Å². The molecular formula is C19H20N6O2. The van der Waals surface area contributed by atoms with Gasteiger partial charge in [0.2, 0.25) is 17.6 Å². The van der Waals surface area contributed by atoms with E-state index in [9.17, 15) is 9.59 Å². The van der Waals surface area contributed by atoms with Crippen LogP contribution in [0.5, 0.6) is 0 Å². The summed E-state index contributed by atoms with van der Waals surface area (Å²) in [6.07, 6.45) is 0.941. The van der Waals surface area contributed by atoms with Gasteiger partial charge >= 0.3 is 0 Å². The van der Waals surface area contributed by atoms with Crippen molar-refractivity contribution in [1.29, 1.82) is 0 Å². The molecule has 8 heteroatoms. The third kappa shape index (κ3) is 5.46.